The summed E-state index contributed by atoms with van der Waals surface area (Å²) in [5.41, 5.74) is 16.5. The van der Waals surface area contributed by atoms with E-state index in [0.29, 0.717) is 0 Å². The second kappa shape index (κ2) is 14.4. The topological polar surface area (TPSA) is 8.17 Å². The lowest BCUT2D eigenvalue weighted by Gasteiger charge is -2.26. The van der Waals surface area contributed by atoms with E-state index >= 15 is 0 Å². The number of aromatic nitrogens is 1. The predicted octanol–water partition coefficient (Wildman–Crippen LogP) is 14.9. The van der Waals surface area contributed by atoms with Crippen LogP contribution in [0.4, 0.5) is 17.1 Å². The molecule has 1 heterocycles. The van der Waals surface area contributed by atoms with Crippen molar-refractivity contribution in [2.45, 2.75) is 0 Å². The van der Waals surface area contributed by atoms with E-state index in [1.807, 2.05) is 0 Å². The molecule has 2 nitrogen and oxygen atoms in total. The summed E-state index contributed by atoms with van der Waals surface area (Å²) in [6.07, 6.45) is 0. The Balaban J connectivity index is 1.01. The molecule has 0 saturated heterocycles. The van der Waals surface area contributed by atoms with Gasteiger partial charge in [0, 0.05) is 33.5 Å². The predicted molar refractivity (Wildman–Crippen MR) is 237 cm³/mol. The van der Waals surface area contributed by atoms with Crippen LogP contribution in [0, 0.1) is 0 Å². The minimum atomic E-state index is 1.10. The fourth-order valence-corrected chi connectivity index (χ4v) is 8.03. The summed E-state index contributed by atoms with van der Waals surface area (Å²) in [5, 5.41) is 2.51. The van der Waals surface area contributed by atoms with E-state index in [2.05, 4.69) is 240 Å². The largest absolute Gasteiger partial charge is 0.311 e. The quantitative estimate of drug-likeness (QED) is 0.152. The number of hydrogen-bond donors (Lipinski definition) is 0. The molecule has 2 heteroatoms. The Hall–Kier alpha value is -7.42. The van der Waals surface area contributed by atoms with Crippen LogP contribution in [0.5, 0.6) is 0 Å². The van der Waals surface area contributed by atoms with Gasteiger partial charge in [-0.15, -0.1) is 0 Å². The van der Waals surface area contributed by atoms with Gasteiger partial charge in [0.2, 0.25) is 0 Å². The third-order valence-electron chi connectivity index (χ3n) is 10.8. The van der Waals surface area contributed by atoms with E-state index in [9.17, 15) is 0 Å². The molecule has 10 rings (SSSR count). The van der Waals surface area contributed by atoms with Crippen molar-refractivity contribution < 1.29 is 0 Å². The SMILES string of the molecule is c1ccc(-c2cc(-c3ccccc3)cc(-c3ccc(N(c4ccccc4)c4ccc(-c5ccc6c(c5)c5ccccc5n6-c5ccccc5)cc4)cc3)c2)cc1. The van der Waals surface area contributed by atoms with Crippen LogP contribution in [0.2, 0.25) is 0 Å². The van der Waals surface area contributed by atoms with E-state index < -0.39 is 0 Å². The zero-order valence-electron chi connectivity index (χ0n) is 30.8. The van der Waals surface area contributed by atoms with Gasteiger partial charge in [0.25, 0.3) is 0 Å². The number of anilines is 3. The lowest BCUT2D eigenvalue weighted by atomic mass is 9.93. The third-order valence-corrected chi connectivity index (χ3v) is 10.8. The van der Waals surface area contributed by atoms with E-state index in [1.165, 1.54) is 72.0 Å². The fourth-order valence-electron chi connectivity index (χ4n) is 8.03. The molecule has 0 unspecified atom stereocenters. The lowest BCUT2D eigenvalue weighted by Crippen LogP contribution is -2.09. The van der Waals surface area contributed by atoms with Crippen molar-refractivity contribution in [3.63, 3.8) is 0 Å². The summed E-state index contributed by atoms with van der Waals surface area (Å²) in [4.78, 5) is 2.33. The Kier molecular flexibility index (Phi) is 8.55. The molecule has 0 aliphatic carbocycles. The Labute approximate surface area is 327 Å². The highest BCUT2D eigenvalue weighted by Crippen LogP contribution is 2.39. The maximum atomic E-state index is 2.36. The molecule has 0 fully saturated rings. The van der Waals surface area contributed by atoms with Crippen LogP contribution in [0.3, 0.4) is 0 Å². The van der Waals surface area contributed by atoms with Crippen LogP contribution in [-0.2, 0) is 0 Å². The average molecular weight is 715 g/mol. The van der Waals surface area contributed by atoms with Gasteiger partial charge >= 0.3 is 0 Å². The number of rotatable bonds is 8. The van der Waals surface area contributed by atoms with Crippen molar-refractivity contribution in [1.29, 1.82) is 0 Å². The van der Waals surface area contributed by atoms with Crippen LogP contribution in [0.15, 0.2) is 231 Å². The molecule has 0 radical (unpaired) electrons. The van der Waals surface area contributed by atoms with Crippen LogP contribution in [0.25, 0.3) is 72.0 Å². The summed E-state index contributed by atoms with van der Waals surface area (Å²) >= 11 is 0. The molecule has 0 atom stereocenters. The molecule has 1 aromatic heterocycles. The summed E-state index contributed by atoms with van der Waals surface area (Å²) < 4.78 is 2.36. The van der Waals surface area contributed by atoms with Gasteiger partial charge in [0.15, 0.2) is 0 Å². The van der Waals surface area contributed by atoms with Gasteiger partial charge in [-0.1, -0.05) is 146 Å². The summed E-state index contributed by atoms with van der Waals surface area (Å²) in [6, 6.07) is 83.0. The number of hydrogen-bond acceptors (Lipinski definition) is 1. The summed E-state index contributed by atoms with van der Waals surface area (Å²) in [6.45, 7) is 0. The molecule has 0 spiro atoms. The first kappa shape index (κ1) is 33.2. The minimum Gasteiger partial charge on any atom is -0.311 e. The Morgan fingerprint density at radius 2 is 0.643 bits per heavy atom. The monoisotopic (exact) mass is 714 g/mol. The second-order valence-electron chi connectivity index (χ2n) is 14.2. The maximum absolute atomic E-state index is 2.36. The first-order valence-corrected chi connectivity index (χ1v) is 19.2. The molecular formula is C54H38N2. The normalized spacial score (nSPS) is 11.2. The summed E-state index contributed by atoms with van der Waals surface area (Å²) in [7, 11) is 0. The van der Waals surface area contributed by atoms with Gasteiger partial charge in [-0.25, -0.2) is 0 Å². The Morgan fingerprint density at radius 1 is 0.250 bits per heavy atom. The van der Waals surface area contributed by atoms with Crippen molar-refractivity contribution in [1.82, 2.24) is 4.57 Å². The van der Waals surface area contributed by atoms with Crippen molar-refractivity contribution in [3.05, 3.63) is 231 Å². The average Bonchev–Trinajstić information content (AvgIpc) is 3.62. The molecule has 9 aromatic carbocycles. The summed E-state index contributed by atoms with van der Waals surface area (Å²) in [5.74, 6) is 0. The number of benzene rings is 9. The first-order valence-electron chi connectivity index (χ1n) is 19.2. The molecule has 0 saturated carbocycles. The molecule has 0 aliphatic rings. The van der Waals surface area contributed by atoms with E-state index in [4.69, 9.17) is 0 Å². The molecule has 0 aliphatic heterocycles. The van der Waals surface area contributed by atoms with Crippen LogP contribution >= 0.6 is 0 Å². The van der Waals surface area contributed by atoms with E-state index in [1.54, 1.807) is 0 Å². The first-order chi connectivity index (χ1) is 27.8. The van der Waals surface area contributed by atoms with Crippen molar-refractivity contribution in [2.75, 3.05) is 4.90 Å². The van der Waals surface area contributed by atoms with Crippen LogP contribution < -0.4 is 4.90 Å². The Morgan fingerprint density at radius 3 is 1.20 bits per heavy atom. The van der Waals surface area contributed by atoms with Crippen molar-refractivity contribution >= 4 is 38.9 Å². The molecule has 0 N–H and O–H groups in total. The third kappa shape index (κ3) is 6.24. The molecule has 0 bridgehead atoms. The van der Waals surface area contributed by atoms with Gasteiger partial charge in [-0.2, -0.15) is 0 Å². The molecular weight excluding hydrogens is 677 g/mol. The van der Waals surface area contributed by atoms with Crippen LogP contribution in [0.1, 0.15) is 0 Å². The van der Waals surface area contributed by atoms with Crippen molar-refractivity contribution in [2.24, 2.45) is 0 Å². The number of para-hydroxylation sites is 3. The molecule has 10 aromatic rings. The van der Waals surface area contributed by atoms with Gasteiger partial charge in [-0.3, -0.25) is 0 Å². The number of fused-ring (bicyclic) bond motifs is 3. The standard InChI is InChI=1S/C54H38N2/c1-5-15-39(16-6-1)44-35-45(40-17-7-2-8-18-40)37-46(36-44)42-27-32-50(33-28-42)55(47-19-9-3-10-20-47)49-30-25-41(26-31-49)43-29-34-54-52(38-43)51-23-13-14-24-53(51)56(54)48-21-11-4-12-22-48/h1-38H. The Bertz CT molecular complexity index is 2860. The molecule has 56 heavy (non-hydrogen) atoms. The maximum Gasteiger partial charge on any atom is 0.0541 e. The fraction of sp³-hybridized carbons (Fsp3) is 0. The minimum absolute atomic E-state index is 1.10. The second-order valence-corrected chi connectivity index (χ2v) is 14.2. The van der Waals surface area contributed by atoms with Gasteiger partial charge in [0.05, 0.1) is 11.0 Å². The highest BCUT2D eigenvalue weighted by Gasteiger charge is 2.16. The lowest BCUT2D eigenvalue weighted by molar-refractivity contribution is 1.18. The molecule has 0 amide bonds. The number of nitrogens with zero attached hydrogens (tertiary/aromatic N) is 2. The van der Waals surface area contributed by atoms with Crippen molar-refractivity contribution in [3.8, 4) is 50.2 Å². The highest BCUT2D eigenvalue weighted by atomic mass is 15.1. The van der Waals surface area contributed by atoms with Gasteiger partial charge in [-0.05, 0) is 129 Å². The zero-order valence-corrected chi connectivity index (χ0v) is 30.8. The molecule has 264 valence electrons. The van der Waals surface area contributed by atoms with Gasteiger partial charge in [0.1, 0.15) is 0 Å². The van der Waals surface area contributed by atoms with Gasteiger partial charge < -0.3 is 9.47 Å². The smallest absolute Gasteiger partial charge is 0.0541 e. The van der Waals surface area contributed by atoms with E-state index in [0.717, 1.165) is 17.1 Å². The highest BCUT2D eigenvalue weighted by molar-refractivity contribution is 6.10. The van der Waals surface area contributed by atoms with E-state index in [-0.39, 0.29) is 0 Å². The zero-order chi connectivity index (χ0) is 37.3. The van der Waals surface area contributed by atoms with Crippen LogP contribution in [-0.4, -0.2) is 4.57 Å².